The molecule has 58 heavy (non-hydrogen) atoms. The number of hydrogen-bond donors (Lipinski definition) is 0. The first-order valence-electron chi connectivity index (χ1n) is 19.9. The van der Waals surface area contributed by atoms with Crippen LogP contribution in [-0.2, 0) is 0 Å². The molecule has 0 saturated carbocycles. The van der Waals surface area contributed by atoms with Crippen molar-refractivity contribution in [3.05, 3.63) is 231 Å². The highest BCUT2D eigenvalue weighted by Gasteiger charge is 2.27. The van der Waals surface area contributed by atoms with Gasteiger partial charge in [0.15, 0.2) is 0 Å². The summed E-state index contributed by atoms with van der Waals surface area (Å²) in [7, 11) is 0. The van der Waals surface area contributed by atoms with Gasteiger partial charge in [0.2, 0.25) is 0 Å². The van der Waals surface area contributed by atoms with Crippen LogP contribution < -0.4 is 9.80 Å². The van der Waals surface area contributed by atoms with Crippen LogP contribution in [0.15, 0.2) is 231 Å². The van der Waals surface area contributed by atoms with Crippen molar-refractivity contribution in [1.29, 1.82) is 0 Å². The Hall–Kier alpha value is -7.68. The van der Waals surface area contributed by atoms with Crippen LogP contribution in [0.5, 0.6) is 0 Å². The first-order chi connectivity index (χ1) is 28.8. The molecule has 1 aliphatic rings. The second-order valence-electron chi connectivity index (χ2n) is 15.0. The molecule has 272 valence electrons. The minimum Gasteiger partial charge on any atom is -0.310 e. The van der Waals surface area contributed by atoms with Gasteiger partial charge >= 0.3 is 0 Å². The van der Waals surface area contributed by atoms with E-state index in [-0.39, 0.29) is 0 Å². The van der Waals surface area contributed by atoms with Gasteiger partial charge in [-0.2, -0.15) is 0 Å². The molecule has 0 aromatic heterocycles. The highest BCUT2D eigenvalue weighted by Crippen LogP contribution is 2.53. The van der Waals surface area contributed by atoms with E-state index in [1.165, 1.54) is 77.4 Å². The van der Waals surface area contributed by atoms with E-state index in [2.05, 4.69) is 240 Å². The van der Waals surface area contributed by atoms with E-state index >= 15 is 0 Å². The molecule has 2 heteroatoms. The molecule has 0 fully saturated rings. The summed E-state index contributed by atoms with van der Waals surface area (Å²) in [5.41, 5.74) is 16.5. The largest absolute Gasteiger partial charge is 0.310 e. The topological polar surface area (TPSA) is 6.48 Å². The molecule has 0 radical (unpaired) electrons. The van der Waals surface area contributed by atoms with E-state index in [1.54, 1.807) is 0 Å². The normalized spacial score (nSPS) is 11.8. The third kappa shape index (κ3) is 5.82. The molecule has 11 rings (SSSR count). The molecule has 0 amide bonds. The first kappa shape index (κ1) is 33.6. The predicted molar refractivity (Wildman–Crippen MR) is 246 cm³/mol. The minimum atomic E-state index is 1.10. The Morgan fingerprint density at radius 2 is 0.828 bits per heavy atom. The molecular weight excluding hydrogens is 701 g/mol. The Kier molecular flexibility index (Phi) is 8.19. The lowest BCUT2D eigenvalue weighted by Gasteiger charge is -2.34. The van der Waals surface area contributed by atoms with Crippen LogP contribution >= 0.6 is 0 Å². The van der Waals surface area contributed by atoms with Crippen molar-refractivity contribution in [2.24, 2.45) is 0 Å². The molecule has 0 saturated heterocycles. The molecule has 0 spiro atoms. The van der Waals surface area contributed by atoms with Gasteiger partial charge in [-0.3, -0.25) is 0 Å². The zero-order valence-electron chi connectivity index (χ0n) is 31.8. The number of fused-ring (bicyclic) bond motifs is 4. The van der Waals surface area contributed by atoms with Gasteiger partial charge < -0.3 is 9.80 Å². The molecule has 1 heterocycles. The number of rotatable bonds is 7. The monoisotopic (exact) mass is 738 g/mol. The van der Waals surface area contributed by atoms with Crippen LogP contribution in [0.1, 0.15) is 0 Å². The fourth-order valence-corrected chi connectivity index (χ4v) is 8.80. The van der Waals surface area contributed by atoms with Crippen molar-refractivity contribution in [3.63, 3.8) is 0 Å². The maximum atomic E-state index is 2.46. The maximum Gasteiger partial charge on any atom is 0.0618 e. The van der Waals surface area contributed by atoms with Gasteiger partial charge in [0.05, 0.1) is 11.4 Å². The fourth-order valence-electron chi connectivity index (χ4n) is 8.80. The molecule has 0 aliphatic carbocycles. The second-order valence-corrected chi connectivity index (χ2v) is 15.0. The standard InChI is InChI=1S/C56H38N2/c1-3-13-39(14-4-1)45-20-9-22-49(37-45)57(50-23-10-21-46(38-50)40-15-5-2-6-16-40)47-32-27-41(28-33-47)42-29-34-48(35-30-42)58-54-26-12-19-44-18-11-25-52(55(44)54)53-36-31-43-17-7-8-24-51(43)56(53)58/h1-38H. The fraction of sp³-hybridized carbons (Fsp3) is 0. The summed E-state index contributed by atoms with van der Waals surface area (Å²) in [6.45, 7) is 0. The van der Waals surface area contributed by atoms with Crippen molar-refractivity contribution < 1.29 is 0 Å². The lowest BCUT2D eigenvalue weighted by molar-refractivity contribution is 1.28. The first-order valence-corrected chi connectivity index (χ1v) is 19.9. The van der Waals surface area contributed by atoms with E-state index < -0.39 is 0 Å². The number of anilines is 6. The van der Waals surface area contributed by atoms with Gasteiger partial charge in [0.1, 0.15) is 0 Å². The molecule has 10 aromatic rings. The summed E-state index contributed by atoms with van der Waals surface area (Å²) >= 11 is 0. The smallest absolute Gasteiger partial charge is 0.0618 e. The van der Waals surface area contributed by atoms with Crippen molar-refractivity contribution in [1.82, 2.24) is 0 Å². The summed E-state index contributed by atoms with van der Waals surface area (Å²) in [4.78, 5) is 4.83. The second kappa shape index (κ2) is 14.1. The van der Waals surface area contributed by atoms with Crippen molar-refractivity contribution in [2.45, 2.75) is 0 Å². The molecule has 2 nitrogen and oxygen atoms in total. The van der Waals surface area contributed by atoms with Gasteiger partial charge in [-0.15, -0.1) is 0 Å². The van der Waals surface area contributed by atoms with Gasteiger partial charge in [-0.05, 0) is 104 Å². The summed E-state index contributed by atoms with van der Waals surface area (Å²) < 4.78 is 0. The van der Waals surface area contributed by atoms with Crippen molar-refractivity contribution in [2.75, 3.05) is 9.80 Å². The molecular formula is C56H38N2. The summed E-state index contributed by atoms with van der Waals surface area (Å²) in [6, 6.07) is 83.6. The Morgan fingerprint density at radius 1 is 0.310 bits per heavy atom. The lowest BCUT2D eigenvalue weighted by atomic mass is 9.88. The van der Waals surface area contributed by atoms with Crippen LogP contribution in [0.25, 0.3) is 66.1 Å². The zero-order valence-corrected chi connectivity index (χ0v) is 31.8. The number of hydrogen-bond acceptors (Lipinski definition) is 2. The Labute approximate surface area is 339 Å². The average molecular weight is 739 g/mol. The van der Waals surface area contributed by atoms with Crippen molar-refractivity contribution in [3.8, 4) is 44.5 Å². The van der Waals surface area contributed by atoms with Crippen LogP contribution in [-0.4, -0.2) is 0 Å². The Balaban J connectivity index is 0.981. The highest BCUT2D eigenvalue weighted by atomic mass is 15.2. The summed E-state index contributed by atoms with van der Waals surface area (Å²) in [5.74, 6) is 0. The lowest BCUT2D eigenvalue weighted by Crippen LogP contribution is -2.15. The number of benzene rings is 10. The van der Waals surface area contributed by atoms with E-state index in [9.17, 15) is 0 Å². The van der Waals surface area contributed by atoms with E-state index in [0.29, 0.717) is 0 Å². The Bertz CT molecular complexity index is 3010. The quantitative estimate of drug-likeness (QED) is 0.161. The number of nitrogens with zero attached hydrogens (tertiary/aromatic N) is 2. The van der Waals surface area contributed by atoms with Crippen molar-refractivity contribution >= 4 is 55.7 Å². The van der Waals surface area contributed by atoms with Crippen LogP contribution in [0.3, 0.4) is 0 Å². The van der Waals surface area contributed by atoms with Crippen LogP contribution in [0, 0.1) is 0 Å². The molecule has 0 N–H and O–H groups in total. The maximum absolute atomic E-state index is 2.46. The van der Waals surface area contributed by atoms with Gasteiger partial charge in [0, 0.05) is 39.1 Å². The zero-order chi connectivity index (χ0) is 38.4. The van der Waals surface area contributed by atoms with Gasteiger partial charge in [-0.1, -0.05) is 176 Å². The average Bonchev–Trinajstić information content (AvgIpc) is 3.30. The van der Waals surface area contributed by atoms with E-state index in [0.717, 1.165) is 22.7 Å². The molecule has 10 aromatic carbocycles. The minimum absolute atomic E-state index is 1.10. The summed E-state index contributed by atoms with van der Waals surface area (Å²) in [5, 5.41) is 5.03. The van der Waals surface area contributed by atoms with Gasteiger partial charge in [0.25, 0.3) is 0 Å². The SMILES string of the molecule is c1ccc(-c2cccc(N(c3ccc(-c4ccc(N5c6c(ccc7ccccc67)-c6cccc7cccc5c67)cc4)cc3)c3cccc(-c4ccccc4)c3)c2)cc1. The predicted octanol–water partition coefficient (Wildman–Crippen LogP) is 15.9. The third-order valence-corrected chi connectivity index (χ3v) is 11.5. The third-order valence-electron chi connectivity index (χ3n) is 11.5. The van der Waals surface area contributed by atoms with Gasteiger partial charge in [-0.25, -0.2) is 0 Å². The molecule has 0 bridgehead atoms. The highest BCUT2D eigenvalue weighted by molar-refractivity contribution is 6.18. The van der Waals surface area contributed by atoms with Crippen LogP contribution in [0.2, 0.25) is 0 Å². The molecule has 0 atom stereocenters. The Morgan fingerprint density at radius 3 is 1.48 bits per heavy atom. The summed E-state index contributed by atoms with van der Waals surface area (Å²) in [6.07, 6.45) is 0. The van der Waals surface area contributed by atoms with E-state index in [4.69, 9.17) is 0 Å². The molecule has 1 aliphatic heterocycles. The molecule has 0 unspecified atom stereocenters. The van der Waals surface area contributed by atoms with E-state index in [1.807, 2.05) is 0 Å². The van der Waals surface area contributed by atoms with Crippen LogP contribution in [0.4, 0.5) is 34.1 Å².